The van der Waals surface area contributed by atoms with Crippen molar-refractivity contribution in [3.63, 3.8) is 0 Å². The summed E-state index contributed by atoms with van der Waals surface area (Å²) in [6.07, 6.45) is 0. The third-order valence-electron chi connectivity index (χ3n) is 2.22. The minimum absolute atomic E-state index is 0.170. The lowest BCUT2D eigenvalue weighted by molar-refractivity contribution is -0.141. The number of hydrazine groups is 1. The number of hydrogen-bond acceptors (Lipinski definition) is 6. The van der Waals surface area contributed by atoms with E-state index in [0.717, 1.165) is 0 Å². The summed E-state index contributed by atoms with van der Waals surface area (Å²) in [6, 6.07) is -1.78. The Bertz CT molecular complexity index is 336. The predicted octanol–water partition coefficient (Wildman–Crippen LogP) is -1.75. The van der Waals surface area contributed by atoms with Crippen LogP contribution < -0.4 is 16.2 Å². The number of methoxy groups -OCH3 is 1. The maximum absolute atomic E-state index is 11.5. The van der Waals surface area contributed by atoms with Crippen LogP contribution in [0.5, 0.6) is 0 Å². The molecule has 0 spiro atoms. The van der Waals surface area contributed by atoms with Gasteiger partial charge in [-0.3, -0.25) is 19.8 Å². The van der Waals surface area contributed by atoms with Gasteiger partial charge in [-0.25, -0.2) is 5.43 Å². The molecule has 2 atom stereocenters. The molecule has 20 heavy (non-hydrogen) atoms. The highest BCUT2D eigenvalue weighted by molar-refractivity contribution is 5.86. The van der Waals surface area contributed by atoms with Crippen LogP contribution in [0, 0.1) is 0 Å². The Labute approximate surface area is 117 Å². The van der Waals surface area contributed by atoms with Crippen molar-refractivity contribution in [2.75, 3.05) is 26.9 Å². The van der Waals surface area contributed by atoms with E-state index in [1.54, 1.807) is 0 Å². The van der Waals surface area contributed by atoms with Crippen LogP contribution >= 0.6 is 0 Å². The van der Waals surface area contributed by atoms with Crippen LogP contribution in [-0.2, 0) is 23.9 Å². The number of hydrogen-bond donors (Lipinski definition) is 4. The molecule has 0 heterocycles. The van der Waals surface area contributed by atoms with Crippen molar-refractivity contribution in [1.29, 1.82) is 0 Å². The molecule has 0 saturated heterocycles. The summed E-state index contributed by atoms with van der Waals surface area (Å²) in [4.78, 5) is 33.4. The van der Waals surface area contributed by atoms with E-state index in [1.807, 2.05) is 0 Å². The minimum Gasteiger partial charge on any atom is -0.480 e. The zero-order chi connectivity index (χ0) is 15.5. The number of ether oxygens (including phenoxy) is 2. The molecule has 0 aromatic carbocycles. The van der Waals surface area contributed by atoms with E-state index in [4.69, 9.17) is 14.6 Å². The summed E-state index contributed by atoms with van der Waals surface area (Å²) < 4.78 is 9.71. The van der Waals surface area contributed by atoms with Crippen molar-refractivity contribution in [1.82, 2.24) is 16.2 Å². The zero-order valence-electron chi connectivity index (χ0n) is 11.8. The van der Waals surface area contributed by atoms with Gasteiger partial charge in [0.25, 0.3) is 5.91 Å². The van der Waals surface area contributed by atoms with Gasteiger partial charge in [-0.2, -0.15) is 0 Å². The quantitative estimate of drug-likeness (QED) is 0.278. The van der Waals surface area contributed by atoms with Crippen molar-refractivity contribution in [2.24, 2.45) is 0 Å². The Balaban J connectivity index is 3.85. The number of carboxylic acids is 1. The van der Waals surface area contributed by atoms with Crippen LogP contribution in [0.1, 0.15) is 13.8 Å². The lowest BCUT2D eigenvalue weighted by Gasteiger charge is -2.16. The minimum atomic E-state index is -1.14. The van der Waals surface area contributed by atoms with Gasteiger partial charge < -0.3 is 19.9 Å². The lowest BCUT2D eigenvalue weighted by atomic mass is 10.3. The summed E-state index contributed by atoms with van der Waals surface area (Å²) in [5.74, 6) is -2.13. The maximum Gasteiger partial charge on any atom is 0.325 e. The molecule has 0 aliphatic heterocycles. The van der Waals surface area contributed by atoms with Gasteiger partial charge in [-0.05, 0) is 13.8 Å². The fraction of sp³-hybridized carbons (Fsp3) is 0.727. The van der Waals surface area contributed by atoms with E-state index in [1.165, 1.54) is 21.0 Å². The Hall–Kier alpha value is -1.71. The number of rotatable bonds is 10. The van der Waals surface area contributed by atoms with Gasteiger partial charge in [0.05, 0.1) is 13.2 Å². The van der Waals surface area contributed by atoms with Gasteiger partial charge in [-0.15, -0.1) is 0 Å². The highest BCUT2D eigenvalue weighted by Crippen LogP contribution is 1.86. The van der Waals surface area contributed by atoms with Crippen LogP contribution in [0.2, 0.25) is 0 Å². The predicted molar refractivity (Wildman–Crippen MR) is 68.7 cm³/mol. The van der Waals surface area contributed by atoms with Crippen LogP contribution in [0.25, 0.3) is 0 Å². The standard InChI is InChI=1S/C11H21N3O6/c1-7(10(16)12-8(2)11(17)18)13-14-9(15)6-20-5-4-19-3/h7-8,13H,4-6H2,1-3H3,(H,12,16)(H,14,15)(H,17,18)/t7-,8-/m0/s1. The second kappa shape index (κ2) is 10.1. The molecule has 4 N–H and O–H groups in total. The summed E-state index contributed by atoms with van der Waals surface area (Å²) in [6.45, 7) is 3.32. The average Bonchev–Trinajstić information content (AvgIpc) is 2.40. The molecule has 0 saturated carbocycles. The first-order valence-corrected chi connectivity index (χ1v) is 6.02. The summed E-state index contributed by atoms with van der Waals surface area (Å²) in [5.41, 5.74) is 4.73. The molecule has 9 nitrogen and oxygen atoms in total. The molecular weight excluding hydrogens is 270 g/mol. The number of carbonyl (C=O) groups excluding carboxylic acids is 2. The molecule has 0 bridgehead atoms. The van der Waals surface area contributed by atoms with Crippen LogP contribution in [0.15, 0.2) is 0 Å². The molecule has 0 aromatic heterocycles. The summed E-state index contributed by atoms with van der Waals surface area (Å²) >= 11 is 0. The molecule has 0 aliphatic rings. The molecular formula is C11H21N3O6. The number of aliphatic carboxylic acids is 1. The van der Waals surface area contributed by atoms with Crippen LogP contribution in [-0.4, -0.2) is 61.9 Å². The van der Waals surface area contributed by atoms with Crippen molar-refractivity contribution in [3.8, 4) is 0 Å². The van der Waals surface area contributed by atoms with Crippen LogP contribution in [0.3, 0.4) is 0 Å². The van der Waals surface area contributed by atoms with Gasteiger partial charge in [0, 0.05) is 7.11 Å². The lowest BCUT2D eigenvalue weighted by Crippen LogP contribution is -2.53. The molecule has 0 aliphatic carbocycles. The second-order valence-corrected chi connectivity index (χ2v) is 4.03. The van der Waals surface area contributed by atoms with E-state index in [-0.39, 0.29) is 13.2 Å². The van der Waals surface area contributed by atoms with Gasteiger partial charge in [0.2, 0.25) is 5.91 Å². The Morgan fingerprint density at radius 1 is 1.15 bits per heavy atom. The monoisotopic (exact) mass is 291 g/mol. The van der Waals surface area contributed by atoms with E-state index in [0.29, 0.717) is 6.61 Å². The highest BCUT2D eigenvalue weighted by Gasteiger charge is 2.19. The molecule has 116 valence electrons. The number of amides is 2. The highest BCUT2D eigenvalue weighted by atomic mass is 16.5. The number of carboxylic acid groups (broad SMARTS) is 1. The smallest absolute Gasteiger partial charge is 0.325 e. The second-order valence-electron chi connectivity index (χ2n) is 4.03. The number of carbonyl (C=O) groups is 3. The summed E-state index contributed by atoms with van der Waals surface area (Å²) in [7, 11) is 1.52. The van der Waals surface area contributed by atoms with Gasteiger partial charge >= 0.3 is 5.97 Å². The molecule has 0 radical (unpaired) electrons. The molecule has 0 aromatic rings. The number of nitrogens with one attached hydrogen (secondary N) is 3. The fourth-order valence-corrected chi connectivity index (χ4v) is 0.998. The molecule has 0 fully saturated rings. The molecule has 0 rings (SSSR count). The third kappa shape index (κ3) is 8.40. The first kappa shape index (κ1) is 18.3. The van der Waals surface area contributed by atoms with E-state index < -0.39 is 29.9 Å². The van der Waals surface area contributed by atoms with Gasteiger partial charge in [0.15, 0.2) is 0 Å². The van der Waals surface area contributed by atoms with E-state index in [2.05, 4.69) is 16.2 Å². The fourth-order valence-electron chi connectivity index (χ4n) is 0.998. The van der Waals surface area contributed by atoms with Gasteiger partial charge in [-0.1, -0.05) is 0 Å². The Kier molecular flexibility index (Phi) is 9.26. The Morgan fingerprint density at radius 2 is 1.80 bits per heavy atom. The van der Waals surface area contributed by atoms with E-state index >= 15 is 0 Å². The first-order chi connectivity index (χ1) is 9.38. The SMILES string of the molecule is COCCOCC(=O)NN[C@@H](C)C(=O)N[C@@H](C)C(=O)O. The van der Waals surface area contributed by atoms with Crippen molar-refractivity contribution >= 4 is 17.8 Å². The molecule has 9 heteroatoms. The Morgan fingerprint density at radius 3 is 2.35 bits per heavy atom. The molecule has 0 unspecified atom stereocenters. The maximum atomic E-state index is 11.5. The third-order valence-corrected chi connectivity index (χ3v) is 2.22. The zero-order valence-corrected chi connectivity index (χ0v) is 11.8. The van der Waals surface area contributed by atoms with Gasteiger partial charge in [0.1, 0.15) is 18.7 Å². The normalized spacial score (nSPS) is 13.3. The van der Waals surface area contributed by atoms with Crippen molar-refractivity contribution in [2.45, 2.75) is 25.9 Å². The van der Waals surface area contributed by atoms with Crippen molar-refractivity contribution in [3.05, 3.63) is 0 Å². The molecule has 2 amide bonds. The first-order valence-electron chi connectivity index (χ1n) is 6.02. The largest absolute Gasteiger partial charge is 0.480 e. The van der Waals surface area contributed by atoms with E-state index in [9.17, 15) is 14.4 Å². The topological polar surface area (TPSA) is 126 Å². The average molecular weight is 291 g/mol. The van der Waals surface area contributed by atoms with Crippen LogP contribution in [0.4, 0.5) is 0 Å². The van der Waals surface area contributed by atoms with Crippen molar-refractivity contribution < 1.29 is 29.0 Å². The summed E-state index contributed by atoms with van der Waals surface area (Å²) in [5, 5.41) is 10.9.